The summed E-state index contributed by atoms with van der Waals surface area (Å²) in [4.78, 5) is 9.74. The zero-order valence-electron chi connectivity index (χ0n) is 21.7. The molecule has 3 heterocycles. The molecule has 0 fully saturated rings. The van der Waals surface area contributed by atoms with Crippen molar-refractivity contribution in [2.75, 3.05) is 0 Å². The normalized spacial score (nSPS) is 13.4. The van der Waals surface area contributed by atoms with Crippen molar-refractivity contribution >= 4 is 21.8 Å². The van der Waals surface area contributed by atoms with Gasteiger partial charge in [-0.15, -0.1) is 0 Å². The highest BCUT2D eigenvalue weighted by atomic mass is 16.5. The lowest BCUT2D eigenvalue weighted by atomic mass is 9.63. The van der Waals surface area contributed by atoms with Gasteiger partial charge in [0.2, 0.25) is 0 Å². The molecule has 7 aromatic rings. The summed E-state index contributed by atoms with van der Waals surface area (Å²) >= 11 is 0. The first-order valence-corrected chi connectivity index (χ1v) is 13.5. The van der Waals surface area contributed by atoms with Crippen molar-refractivity contribution in [1.29, 1.82) is 0 Å². The molecule has 2 aromatic heterocycles. The predicted molar refractivity (Wildman–Crippen MR) is 161 cm³/mol. The molecule has 0 aliphatic carbocycles. The zero-order valence-corrected chi connectivity index (χ0v) is 21.7. The SMILES string of the molecule is c1ccc(C2(c3ccccc3)c3ccccc3Oc3cc(-c4ccc5ccc6cccnc6c5n4)ccc32)cc1. The van der Waals surface area contributed by atoms with Gasteiger partial charge in [-0.3, -0.25) is 4.98 Å². The van der Waals surface area contributed by atoms with Gasteiger partial charge in [-0.25, -0.2) is 4.98 Å². The molecule has 40 heavy (non-hydrogen) atoms. The van der Waals surface area contributed by atoms with Gasteiger partial charge in [-0.2, -0.15) is 0 Å². The van der Waals surface area contributed by atoms with E-state index in [1.54, 1.807) is 0 Å². The van der Waals surface area contributed by atoms with E-state index in [9.17, 15) is 0 Å². The van der Waals surface area contributed by atoms with Crippen molar-refractivity contribution in [3.63, 3.8) is 0 Å². The first-order chi connectivity index (χ1) is 19.8. The Kier molecular flexibility index (Phi) is 5.04. The molecule has 1 aliphatic heterocycles. The third kappa shape index (κ3) is 3.31. The first-order valence-electron chi connectivity index (χ1n) is 13.5. The molecule has 0 unspecified atom stereocenters. The average molecular weight is 513 g/mol. The van der Waals surface area contributed by atoms with Crippen molar-refractivity contribution in [2.45, 2.75) is 5.41 Å². The summed E-state index contributed by atoms with van der Waals surface area (Å²) in [5.41, 5.74) is 7.83. The van der Waals surface area contributed by atoms with Crippen molar-refractivity contribution in [3.05, 3.63) is 168 Å². The van der Waals surface area contributed by atoms with Gasteiger partial charge in [-0.1, -0.05) is 115 Å². The van der Waals surface area contributed by atoms with E-state index in [0.717, 1.165) is 55.7 Å². The number of ether oxygens (including phenoxy) is 1. The van der Waals surface area contributed by atoms with E-state index in [-0.39, 0.29) is 0 Å². The molecular weight excluding hydrogens is 488 g/mol. The van der Waals surface area contributed by atoms with Crippen molar-refractivity contribution in [1.82, 2.24) is 9.97 Å². The first kappa shape index (κ1) is 22.7. The van der Waals surface area contributed by atoms with Gasteiger partial charge in [0.05, 0.1) is 22.1 Å². The zero-order chi connectivity index (χ0) is 26.5. The third-order valence-electron chi connectivity index (χ3n) is 8.04. The van der Waals surface area contributed by atoms with Crippen LogP contribution in [-0.4, -0.2) is 9.97 Å². The van der Waals surface area contributed by atoms with Crippen LogP contribution in [0.1, 0.15) is 22.3 Å². The van der Waals surface area contributed by atoms with Gasteiger partial charge < -0.3 is 4.74 Å². The Morgan fingerprint density at radius 3 is 1.93 bits per heavy atom. The molecule has 0 saturated carbocycles. The second kappa shape index (κ2) is 8.89. The summed E-state index contributed by atoms with van der Waals surface area (Å²) in [5, 5.41) is 2.16. The molecule has 8 rings (SSSR count). The van der Waals surface area contributed by atoms with E-state index >= 15 is 0 Å². The Labute approximate surface area is 232 Å². The molecule has 1 aliphatic rings. The molecule has 0 bridgehead atoms. The fourth-order valence-electron chi connectivity index (χ4n) is 6.25. The summed E-state index contributed by atoms with van der Waals surface area (Å²) in [6, 6.07) is 48.8. The fraction of sp³-hybridized carbons (Fsp3) is 0.0270. The molecule has 188 valence electrons. The van der Waals surface area contributed by atoms with Crippen molar-refractivity contribution in [2.24, 2.45) is 0 Å². The quantitative estimate of drug-likeness (QED) is 0.222. The van der Waals surface area contributed by atoms with Crippen LogP contribution < -0.4 is 4.74 Å². The van der Waals surface area contributed by atoms with Crippen LogP contribution in [0.3, 0.4) is 0 Å². The number of fused-ring (bicyclic) bond motifs is 5. The largest absolute Gasteiger partial charge is 0.457 e. The number of hydrogen-bond donors (Lipinski definition) is 0. The molecule has 3 heteroatoms. The number of rotatable bonds is 3. The maximum Gasteiger partial charge on any atom is 0.132 e. The van der Waals surface area contributed by atoms with Crippen LogP contribution in [0.25, 0.3) is 33.1 Å². The fourth-order valence-corrected chi connectivity index (χ4v) is 6.25. The van der Waals surface area contributed by atoms with Crippen LogP contribution in [0.2, 0.25) is 0 Å². The molecular formula is C37H24N2O. The van der Waals surface area contributed by atoms with Crippen LogP contribution in [-0.2, 0) is 5.41 Å². The smallest absolute Gasteiger partial charge is 0.132 e. The number of benzene rings is 5. The van der Waals surface area contributed by atoms with Crippen LogP contribution in [0.15, 0.2) is 146 Å². The minimum Gasteiger partial charge on any atom is -0.457 e. The summed E-state index contributed by atoms with van der Waals surface area (Å²) in [6.07, 6.45) is 1.83. The average Bonchev–Trinajstić information content (AvgIpc) is 3.04. The van der Waals surface area contributed by atoms with E-state index in [1.807, 2.05) is 18.3 Å². The number of aromatic nitrogens is 2. The molecule has 3 nitrogen and oxygen atoms in total. The highest BCUT2D eigenvalue weighted by Crippen LogP contribution is 2.55. The molecule has 0 radical (unpaired) electrons. The number of pyridine rings is 2. The van der Waals surface area contributed by atoms with Gasteiger partial charge in [0.15, 0.2) is 0 Å². The summed E-state index contributed by atoms with van der Waals surface area (Å²) in [5.74, 6) is 1.70. The van der Waals surface area contributed by atoms with E-state index in [1.165, 1.54) is 11.1 Å². The standard InChI is InChI=1S/C37H24N2O/c1-3-11-28(12-4-1)37(29-13-5-2-6-14-29)30-15-7-8-16-33(30)40-34-24-27(19-21-31(34)37)32-22-20-26-18-17-25-10-9-23-38-35(25)36(26)39-32/h1-24H. The van der Waals surface area contributed by atoms with E-state index in [4.69, 9.17) is 9.72 Å². The Hall–Kier alpha value is -5.28. The van der Waals surface area contributed by atoms with Crippen LogP contribution >= 0.6 is 0 Å². The highest BCUT2D eigenvalue weighted by molar-refractivity contribution is 6.03. The van der Waals surface area contributed by atoms with Gasteiger partial charge in [0.25, 0.3) is 0 Å². The number of hydrogen-bond acceptors (Lipinski definition) is 3. The maximum atomic E-state index is 6.66. The Morgan fingerprint density at radius 1 is 0.500 bits per heavy atom. The minimum atomic E-state index is -0.526. The second-order valence-corrected chi connectivity index (χ2v) is 10.2. The van der Waals surface area contributed by atoms with Gasteiger partial charge in [0, 0.05) is 33.7 Å². The van der Waals surface area contributed by atoms with E-state index in [2.05, 4.69) is 132 Å². The van der Waals surface area contributed by atoms with E-state index < -0.39 is 5.41 Å². The highest BCUT2D eigenvalue weighted by Gasteiger charge is 2.45. The van der Waals surface area contributed by atoms with Crippen LogP contribution in [0, 0.1) is 0 Å². The summed E-state index contributed by atoms with van der Waals surface area (Å²) < 4.78 is 6.66. The van der Waals surface area contributed by atoms with Crippen molar-refractivity contribution in [3.8, 4) is 22.8 Å². The van der Waals surface area contributed by atoms with Gasteiger partial charge in [-0.05, 0) is 35.4 Å². The molecule has 0 N–H and O–H groups in total. The lowest BCUT2D eigenvalue weighted by Gasteiger charge is -2.41. The van der Waals surface area contributed by atoms with Crippen LogP contribution in [0.5, 0.6) is 11.5 Å². The number of para-hydroxylation sites is 1. The Morgan fingerprint density at radius 2 is 1.15 bits per heavy atom. The summed E-state index contributed by atoms with van der Waals surface area (Å²) in [6.45, 7) is 0. The van der Waals surface area contributed by atoms with Gasteiger partial charge >= 0.3 is 0 Å². The third-order valence-corrected chi connectivity index (χ3v) is 8.04. The molecule has 0 amide bonds. The van der Waals surface area contributed by atoms with E-state index in [0.29, 0.717) is 0 Å². The Balaban J connectivity index is 1.38. The lowest BCUT2D eigenvalue weighted by molar-refractivity contribution is 0.434. The molecule has 0 saturated heterocycles. The topological polar surface area (TPSA) is 35.0 Å². The maximum absolute atomic E-state index is 6.66. The molecule has 5 aromatic carbocycles. The minimum absolute atomic E-state index is 0.526. The number of nitrogens with zero attached hydrogens (tertiary/aromatic N) is 2. The van der Waals surface area contributed by atoms with Crippen molar-refractivity contribution < 1.29 is 4.74 Å². The van der Waals surface area contributed by atoms with Gasteiger partial charge in [0.1, 0.15) is 11.5 Å². The lowest BCUT2D eigenvalue weighted by Crippen LogP contribution is -2.34. The molecule has 0 atom stereocenters. The second-order valence-electron chi connectivity index (χ2n) is 10.2. The molecule has 0 spiro atoms. The summed E-state index contributed by atoms with van der Waals surface area (Å²) in [7, 11) is 0. The monoisotopic (exact) mass is 512 g/mol. The predicted octanol–water partition coefficient (Wildman–Crippen LogP) is 8.94. The van der Waals surface area contributed by atoms with Crippen LogP contribution in [0.4, 0.5) is 0 Å². The Bertz CT molecular complexity index is 1990.